The molecule has 3 rings (SSSR count). The number of amides is 1. The van der Waals surface area contributed by atoms with Crippen LogP contribution in [-0.2, 0) is 0 Å². The van der Waals surface area contributed by atoms with Gasteiger partial charge in [-0.3, -0.25) is 4.79 Å². The van der Waals surface area contributed by atoms with E-state index in [2.05, 4.69) is 4.98 Å². The van der Waals surface area contributed by atoms with Gasteiger partial charge in [0.1, 0.15) is 5.82 Å². The number of alkyl halides is 3. The first-order valence-corrected chi connectivity index (χ1v) is 8.37. The molecule has 2 heterocycles. The number of benzene rings is 1. The summed E-state index contributed by atoms with van der Waals surface area (Å²) >= 11 is 0. The second-order valence-corrected chi connectivity index (χ2v) is 6.92. The van der Waals surface area contributed by atoms with Gasteiger partial charge in [-0.15, -0.1) is 0 Å². The molecule has 0 saturated heterocycles. The van der Waals surface area contributed by atoms with E-state index < -0.39 is 29.5 Å². The number of aromatic amines is 1. The molecule has 1 unspecified atom stereocenters. The second kappa shape index (κ2) is 6.90. The Balaban J connectivity index is 2.07. The zero-order valence-corrected chi connectivity index (χ0v) is 15.0. The number of carbonyl (C=O) groups is 1. The van der Waals surface area contributed by atoms with Crippen LogP contribution in [0.3, 0.4) is 0 Å². The minimum absolute atomic E-state index is 0.187. The van der Waals surface area contributed by atoms with Crippen molar-refractivity contribution in [2.24, 2.45) is 0 Å². The van der Waals surface area contributed by atoms with E-state index in [4.69, 9.17) is 0 Å². The predicted molar refractivity (Wildman–Crippen MR) is 93.0 cm³/mol. The summed E-state index contributed by atoms with van der Waals surface area (Å²) in [7, 11) is 0. The molecule has 3 aromatic rings. The van der Waals surface area contributed by atoms with Gasteiger partial charge in [0.2, 0.25) is 0 Å². The van der Waals surface area contributed by atoms with Gasteiger partial charge in [0.05, 0.1) is 11.8 Å². The van der Waals surface area contributed by atoms with E-state index in [9.17, 15) is 27.5 Å². The molecule has 0 bridgehead atoms. The summed E-state index contributed by atoms with van der Waals surface area (Å²) in [4.78, 5) is 15.4. The van der Waals surface area contributed by atoms with Crippen LogP contribution in [0, 0.1) is 5.82 Å². The number of rotatable bonds is 4. The fourth-order valence-electron chi connectivity index (χ4n) is 2.97. The van der Waals surface area contributed by atoms with Gasteiger partial charge < -0.3 is 10.4 Å². The van der Waals surface area contributed by atoms with Gasteiger partial charge in [-0.25, -0.2) is 9.37 Å². The van der Waals surface area contributed by atoms with Crippen LogP contribution >= 0.6 is 0 Å². The maximum atomic E-state index is 13.6. The van der Waals surface area contributed by atoms with Gasteiger partial charge in [0, 0.05) is 5.56 Å². The quantitative estimate of drug-likeness (QED) is 0.469. The SMILES string of the molecule is CC(C)(O)C(NC(=O)c1[nH]c(-c2cccc(F)c2)c2cccc[n+]12)C(F)(F)F. The van der Waals surface area contributed by atoms with E-state index in [1.165, 1.54) is 28.8 Å². The second-order valence-electron chi connectivity index (χ2n) is 6.92. The maximum absolute atomic E-state index is 13.6. The summed E-state index contributed by atoms with van der Waals surface area (Å²) in [6.45, 7) is 1.92. The van der Waals surface area contributed by atoms with E-state index >= 15 is 0 Å². The summed E-state index contributed by atoms with van der Waals surface area (Å²) in [6, 6.07) is 8.05. The molecule has 0 aliphatic heterocycles. The minimum atomic E-state index is -4.85. The predicted octanol–water partition coefficient (Wildman–Crippen LogP) is 2.99. The van der Waals surface area contributed by atoms with Crippen LogP contribution in [0.1, 0.15) is 24.5 Å². The average molecular weight is 396 g/mol. The number of aromatic nitrogens is 2. The minimum Gasteiger partial charge on any atom is -0.388 e. The summed E-state index contributed by atoms with van der Waals surface area (Å²) in [6.07, 6.45) is -3.36. The first-order valence-electron chi connectivity index (χ1n) is 8.37. The van der Waals surface area contributed by atoms with Crippen molar-refractivity contribution in [3.63, 3.8) is 0 Å². The molecule has 0 saturated carbocycles. The van der Waals surface area contributed by atoms with E-state index in [1.54, 1.807) is 24.3 Å². The molecule has 2 aromatic heterocycles. The summed E-state index contributed by atoms with van der Waals surface area (Å²) in [5, 5.41) is 11.7. The zero-order valence-electron chi connectivity index (χ0n) is 15.0. The molecule has 0 aliphatic carbocycles. The fraction of sp³-hybridized carbons (Fsp3) is 0.263. The Bertz CT molecular complexity index is 1010. The van der Waals surface area contributed by atoms with Crippen LogP contribution < -0.4 is 9.72 Å². The number of H-pyrrole nitrogens is 1. The van der Waals surface area contributed by atoms with Crippen molar-refractivity contribution in [3.05, 3.63) is 60.3 Å². The number of nitrogens with one attached hydrogen (secondary N) is 2. The van der Waals surface area contributed by atoms with Crippen molar-refractivity contribution < 1.29 is 31.9 Å². The van der Waals surface area contributed by atoms with Crippen molar-refractivity contribution in [2.45, 2.75) is 31.7 Å². The number of hydrogen-bond acceptors (Lipinski definition) is 2. The van der Waals surface area contributed by atoms with Crippen LogP contribution in [0.25, 0.3) is 16.8 Å². The zero-order chi connectivity index (χ0) is 20.7. The van der Waals surface area contributed by atoms with Crippen molar-refractivity contribution in [2.75, 3.05) is 0 Å². The topological polar surface area (TPSA) is 69.2 Å². The first-order chi connectivity index (χ1) is 13.0. The summed E-state index contributed by atoms with van der Waals surface area (Å²) in [5.41, 5.74) is -0.952. The smallest absolute Gasteiger partial charge is 0.388 e. The van der Waals surface area contributed by atoms with Crippen LogP contribution in [0.4, 0.5) is 17.6 Å². The third kappa shape index (κ3) is 3.84. The highest BCUT2D eigenvalue weighted by Gasteiger charge is 2.50. The van der Waals surface area contributed by atoms with E-state index in [0.717, 1.165) is 13.8 Å². The summed E-state index contributed by atoms with van der Waals surface area (Å²) in [5.74, 6) is -1.74. The van der Waals surface area contributed by atoms with Crippen LogP contribution in [0.2, 0.25) is 0 Å². The van der Waals surface area contributed by atoms with Crippen molar-refractivity contribution in [1.29, 1.82) is 0 Å². The van der Waals surface area contributed by atoms with Gasteiger partial charge in [-0.1, -0.05) is 18.2 Å². The molecule has 1 amide bonds. The van der Waals surface area contributed by atoms with Gasteiger partial charge in [0.15, 0.2) is 17.3 Å². The number of nitrogens with zero attached hydrogens (tertiary/aromatic N) is 1. The Morgan fingerprint density at radius 1 is 1.18 bits per heavy atom. The van der Waals surface area contributed by atoms with Crippen LogP contribution in [0.15, 0.2) is 48.7 Å². The molecule has 5 nitrogen and oxygen atoms in total. The average Bonchev–Trinajstić information content (AvgIpc) is 2.97. The van der Waals surface area contributed by atoms with Gasteiger partial charge in [0.25, 0.3) is 0 Å². The van der Waals surface area contributed by atoms with Crippen LogP contribution in [0.5, 0.6) is 0 Å². The lowest BCUT2D eigenvalue weighted by Crippen LogP contribution is -2.58. The number of imidazole rings is 1. The molecular weight excluding hydrogens is 378 g/mol. The lowest BCUT2D eigenvalue weighted by atomic mass is 9.98. The molecule has 0 spiro atoms. The molecule has 0 aliphatic rings. The third-order valence-electron chi connectivity index (χ3n) is 4.24. The Kier molecular flexibility index (Phi) is 4.88. The Morgan fingerprint density at radius 2 is 1.89 bits per heavy atom. The van der Waals surface area contributed by atoms with E-state index in [-0.39, 0.29) is 5.82 Å². The Hall–Kier alpha value is -2.94. The molecule has 0 radical (unpaired) electrons. The van der Waals surface area contributed by atoms with Crippen molar-refractivity contribution in [3.8, 4) is 11.3 Å². The molecular formula is C19H18F4N3O2+. The number of aliphatic hydroxyl groups is 1. The largest absolute Gasteiger partial charge is 0.411 e. The molecule has 3 N–H and O–H groups in total. The highest BCUT2D eigenvalue weighted by Crippen LogP contribution is 2.28. The normalized spacial score (nSPS) is 13.5. The molecule has 28 heavy (non-hydrogen) atoms. The Labute approximate surface area is 157 Å². The standard InChI is InChI=1S/C19H17F4N3O2/c1-18(2,28)17(19(21,22)23)25-16(27)15-24-14(11-6-5-7-12(20)10-11)13-8-3-4-9-26(13)15/h3-10,17,28H,1-2H3,(H,25,27)/p+1. The summed E-state index contributed by atoms with van der Waals surface area (Å²) < 4.78 is 54.8. The number of carbonyl (C=O) groups excluding carboxylic acids is 1. The maximum Gasteiger partial charge on any atom is 0.411 e. The van der Waals surface area contributed by atoms with Gasteiger partial charge in [-0.2, -0.15) is 17.6 Å². The highest BCUT2D eigenvalue weighted by atomic mass is 19.4. The number of hydrogen-bond donors (Lipinski definition) is 3. The van der Waals surface area contributed by atoms with Gasteiger partial charge >= 0.3 is 17.9 Å². The number of pyridine rings is 1. The molecule has 1 aromatic carbocycles. The third-order valence-corrected chi connectivity index (χ3v) is 4.24. The van der Waals surface area contributed by atoms with Crippen LogP contribution in [-0.4, -0.2) is 33.8 Å². The fourth-order valence-corrected chi connectivity index (χ4v) is 2.97. The lowest BCUT2D eigenvalue weighted by Gasteiger charge is -2.31. The molecule has 9 heteroatoms. The number of fused-ring (bicyclic) bond motifs is 1. The molecule has 0 fully saturated rings. The molecule has 148 valence electrons. The monoisotopic (exact) mass is 396 g/mol. The van der Waals surface area contributed by atoms with Crippen molar-refractivity contribution >= 4 is 11.4 Å². The van der Waals surface area contributed by atoms with Gasteiger partial charge in [-0.05, 0) is 38.1 Å². The lowest BCUT2D eigenvalue weighted by molar-refractivity contribution is -0.514. The van der Waals surface area contributed by atoms with Crippen molar-refractivity contribution in [1.82, 2.24) is 10.3 Å². The van der Waals surface area contributed by atoms with E-state index in [0.29, 0.717) is 16.8 Å². The first kappa shape index (κ1) is 19.8. The highest BCUT2D eigenvalue weighted by molar-refractivity contribution is 5.91. The molecule has 1 atom stereocenters. The number of halogens is 4. The van der Waals surface area contributed by atoms with E-state index in [1.807, 2.05) is 5.32 Å². The Morgan fingerprint density at radius 3 is 2.50 bits per heavy atom.